The Labute approximate surface area is 130 Å². The molecule has 0 saturated heterocycles. The SMILES string of the molecule is Cc1ccc(OCC(=O)N[C@H]2CCCC[C@@H]2C)c([N+](=O)[O-])c1. The molecular weight excluding hydrogens is 284 g/mol. The number of aryl methyl sites for hydroxylation is 1. The normalized spacial score (nSPS) is 21.2. The van der Waals surface area contributed by atoms with Crippen molar-refractivity contribution in [3.8, 4) is 5.75 Å². The molecule has 0 unspecified atom stereocenters. The van der Waals surface area contributed by atoms with Crippen molar-refractivity contribution in [1.29, 1.82) is 0 Å². The minimum atomic E-state index is -0.497. The number of amides is 1. The Hall–Kier alpha value is -2.11. The zero-order valence-electron chi connectivity index (χ0n) is 13.0. The van der Waals surface area contributed by atoms with Crippen LogP contribution in [0.4, 0.5) is 5.69 Å². The van der Waals surface area contributed by atoms with Gasteiger partial charge in [-0.2, -0.15) is 0 Å². The number of nitro benzene ring substituents is 1. The van der Waals surface area contributed by atoms with E-state index in [-0.39, 0.29) is 30.0 Å². The molecule has 1 aliphatic carbocycles. The van der Waals surface area contributed by atoms with Gasteiger partial charge in [0.05, 0.1) is 4.92 Å². The molecule has 6 nitrogen and oxygen atoms in total. The van der Waals surface area contributed by atoms with Gasteiger partial charge < -0.3 is 10.1 Å². The lowest BCUT2D eigenvalue weighted by atomic mass is 9.86. The Morgan fingerprint density at radius 2 is 2.14 bits per heavy atom. The smallest absolute Gasteiger partial charge is 0.311 e. The first-order valence-electron chi connectivity index (χ1n) is 7.64. The Kier molecular flexibility index (Phi) is 5.35. The largest absolute Gasteiger partial charge is 0.477 e. The number of nitro groups is 1. The summed E-state index contributed by atoms with van der Waals surface area (Å²) in [5, 5.41) is 14.0. The van der Waals surface area contributed by atoms with Crippen molar-refractivity contribution in [2.45, 2.75) is 45.6 Å². The Morgan fingerprint density at radius 3 is 2.82 bits per heavy atom. The molecule has 1 saturated carbocycles. The van der Waals surface area contributed by atoms with Crippen LogP contribution in [-0.2, 0) is 4.79 Å². The van der Waals surface area contributed by atoms with E-state index in [1.165, 1.54) is 18.6 Å². The van der Waals surface area contributed by atoms with E-state index >= 15 is 0 Å². The first-order chi connectivity index (χ1) is 10.5. The molecule has 0 spiro atoms. The molecule has 0 aliphatic heterocycles. The molecule has 1 aromatic rings. The molecule has 1 aliphatic rings. The van der Waals surface area contributed by atoms with Crippen molar-refractivity contribution in [3.05, 3.63) is 33.9 Å². The van der Waals surface area contributed by atoms with E-state index < -0.39 is 4.92 Å². The van der Waals surface area contributed by atoms with Gasteiger partial charge in [-0.3, -0.25) is 14.9 Å². The molecule has 0 heterocycles. The highest BCUT2D eigenvalue weighted by molar-refractivity contribution is 5.78. The Morgan fingerprint density at radius 1 is 1.41 bits per heavy atom. The van der Waals surface area contributed by atoms with E-state index in [9.17, 15) is 14.9 Å². The molecule has 1 fully saturated rings. The van der Waals surface area contributed by atoms with Gasteiger partial charge in [0.15, 0.2) is 12.4 Å². The molecule has 0 radical (unpaired) electrons. The predicted octanol–water partition coefficient (Wildman–Crippen LogP) is 2.98. The van der Waals surface area contributed by atoms with Gasteiger partial charge in [0.1, 0.15) is 0 Å². The van der Waals surface area contributed by atoms with Crippen LogP contribution < -0.4 is 10.1 Å². The summed E-state index contributed by atoms with van der Waals surface area (Å²) in [4.78, 5) is 22.5. The van der Waals surface area contributed by atoms with E-state index in [0.29, 0.717) is 5.92 Å². The fourth-order valence-corrected chi connectivity index (χ4v) is 2.81. The van der Waals surface area contributed by atoms with Gasteiger partial charge in [-0.15, -0.1) is 0 Å². The first kappa shape index (κ1) is 16.3. The fourth-order valence-electron chi connectivity index (χ4n) is 2.81. The summed E-state index contributed by atoms with van der Waals surface area (Å²) in [6.45, 7) is 3.71. The van der Waals surface area contributed by atoms with Crippen LogP contribution in [0, 0.1) is 23.0 Å². The third-order valence-corrected chi connectivity index (χ3v) is 4.13. The average Bonchev–Trinajstić information content (AvgIpc) is 2.48. The number of nitrogens with one attached hydrogen (secondary N) is 1. The Bertz CT molecular complexity index is 559. The van der Waals surface area contributed by atoms with Gasteiger partial charge in [-0.1, -0.05) is 25.8 Å². The van der Waals surface area contributed by atoms with E-state index in [4.69, 9.17) is 4.74 Å². The van der Waals surface area contributed by atoms with Gasteiger partial charge >= 0.3 is 5.69 Å². The number of ether oxygens (including phenoxy) is 1. The van der Waals surface area contributed by atoms with Crippen LogP contribution in [0.15, 0.2) is 18.2 Å². The zero-order valence-corrected chi connectivity index (χ0v) is 13.0. The summed E-state index contributed by atoms with van der Waals surface area (Å²) in [6.07, 6.45) is 4.44. The minimum absolute atomic E-state index is 0.112. The summed E-state index contributed by atoms with van der Waals surface area (Å²) < 4.78 is 5.34. The van der Waals surface area contributed by atoms with Crippen molar-refractivity contribution >= 4 is 11.6 Å². The summed E-state index contributed by atoms with van der Waals surface area (Å²) in [6, 6.07) is 4.88. The number of rotatable bonds is 5. The number of hydrogen-bond donors (Lipinski definition) is 1. The first-order valence-corrected chi connectivity index (χ1v) is 7.64. The van der Waals surface area contributed by atoms with E-state index in [2.05, 4.69) is 12.2 Å². The number of benzene rings is 1. The number of carbonyl (C=O) groups excluding carboxylic acids is 1. The topological polar surface area (TPSA) is 81.5 Å². The second kappa shape index (κ2) is 7.24. The Balaban J connectivity index is 1.92. The highest BCUT2D eigenvalue weighted by Crippen LogP contribution is 2.28. The average molecular weight is 306 g/mol. The van der Waals surface area contributed by atoms with E-state index in [1.54, 1.807) is 13.0 Å². The molecule has 120 valence electrons. The van der Waals surface area contributed by atoms with Crippen molar-refractivity contribution in [3.63, 3.8) is 0 Å². The number of carbonyl (C=O) groups is 1. The molecule has 0 bridgehead atoms. The summed E-state index contributed by atoms with van der Waals surface area (Å²) >= 11 is 0. The molecule has 1 aromatic carbocycles. The van der Waals surface area contributed by atoms with Gasteiger partial charge in [0.2, 0.25) is 0 Å². The second-order valence-corrected chi connectivity index (χ2v) is 5.95. The second-order valence-electron chi connectivity index (χ2n) is 5.95. The van der Waals surface area contributed by atoms with Crippen molar-refractivity contribution < 1.29 is 14.5 Å². The third-order valence-electron chi connectivity index (χ3n) is 4.13. The molecular formula is C16H22N2O4. The molecule has 0 aromatic heterocycles. The summed E-state index contributed by atoms with van der Waals surface area (Å²) in [5.74, 6) is 0.363. The zero-order chi connectivity index (χ0) is 16.1. The van der Waals surface area contributed by atoms with Crippen LogP contribution in [-0.4, -0.2) is 23.5 Å². The van der Waals surface area contributed by atoms with Gasteiger partial charge in [-0.25, -0.2) is 0 Å². The maximum Gasteiger partial charge on any atom is 0.311 e. The third kappa shape index (κ3) is 4.19. The maximum atomic E-state index is 12.0. The van der Waals surface area contributed by atoms with Gasteiger partial charge in [-0.05, 0) is 37.3 Å². The van der Waals surface area contributed by atoms with Crippen molar-refractivity contribution in [1.82, 2.24) is 5.32 Å². The van der Waals surface area contributed by atoms with Crippen LogP contribution in [0.25, 0.3) is 0 Å². The van der Waals surface area contributed by atoms with Crippen molar-refractivity contribution in [2.75, 3.05) is 6.61 Å². The van der Waals surface area contributed by atoms with Crippen LogP contribution >= 0.6 is 0 Å². The summed E-state index contributed by atoms with van der Waals surface area (Å²) in [7, 11) is 0. The molecule has 2 rings (SSSR count). The summed E-state index contributed by atoms with van der Waals surface area (Å²) in [5.41, 5.74) is 0.665. The van der Waals surface area contributed by atoms with Crippen LogP contribution in [0.3, 0.4) is 0 Å². The minimum Gasteiger partial charge on any atom is -0.477 e. The quantitative estimate of drug-likeness (QED) is 0.669. The highest BCUT2D eigenvalue weighted by atomic mass is 16.6. The lowest BCUT2D eigenvalue weighted by Crippen LogP contribution is -2.43. The van der Waals surface area contributed by atoms with Gasteiger partial charge in [0, 0.05) is 12.1 Å². The van der Waals surface area contributed by atoms with Crippen LogP contribution in [0.5, 0.6) is 5.75 Å². The maximum absolute atomic E-state index is 12.0. The van der Waals surface area contributed by atoms with E-state index in [1.807, 2.05) is 0 Å². The molecule has 6 heteroatoms. The van der Waals surface area contributed by atoms with Crippen LogP contribution in [0.2, 0.25) is 0 Å². The van der Waals surface area contributed by atoms with Crippen molar-refractivity contribution in [2.24, 2.45) is 5.92 Å². The van der Waals surface area contributed by atoms with E-state index in [0.717, 1.165) is 24.8 Å². The lowest BCUT2D eigenvalue weighted by molar-refractivity contribution is -0.385. The lowest BCUT2D eigenvalue weighted by Gasteiger charge is -2.29. The monoisotopic (exact) mass is 306 g/mol. The standard InChI is InChI=1S/C16H22N2O4/c1-11-7-8-15(14(9-11)18(20)21)22-10-16(19)17-13-6-4-3-5-12(13)2/h7-9,12-13H,3-6,10H2,1-2H3,(H,17,19)/t12-,13-/m0/s1. The van der Waals surface area contributed by atoms with Crippen LogP contribution in [0.1, 0.15) is 38.2 Å². The molecule has 2 atom stereocenters. The molecule has 1 N–H and O–H groups in total. The highest BCUT2D eigenvalue weighted by Gasteiger charge is 2.23. The molecule has 22 heavy (non-hydrogen) atoms. The predicted molar refractivity (Wildman–Crippen MR) is 82.9 cm³/mol. The van der Waals surface area contributed by atoms with Gasteiger partial charge in [0.25, 0.3) is 5.91 Å². The number of hydrogen-bond acceptors (Lipinski definition) is 4. The molecule has 1 amide bonds. The fraction of sp³-hybridized carbons (Fsp3) is 0.562. The number of nitrogens with zero attached hydrogens (tertiary/aromatic N) is 1.